The SMILES string of the molecule is O=S(=O)(c1ccccc1)N(Cc1nc(-c2cccc(C(F)(F)F)c2)no1)c1nccs1. The number of hydrogen-bond donors (Lipinski definition) is 0. The third-order valence-electron chi connectivity index (χ3n) is 4.16. The van der Waals surface area contributed by atoms with Crippen molar-refractivity contribution in [3.05, 3.63) is 77.6 Å². The predicted molar refractivity (Wildman–Crippen MR) is 107 cm³/mol. The minimum atomic E-state index is -4.52. The van der Waals surface area contributed by atoms with Crippen LogP contribution in [0, 0.1) is 0 Å². The minimum absolute atomic E-state index is 0.0443. The van der Waals surface area contributed by atoms with E-state index in [9.17, 15) is 21.6 Å². The zero-order valence-corrected chi connectivity index (χ0v) is 17.2. The van der Waals surface area contributed by atoms with Gasteiger partial charge < -0.3 is 4.52 Å². The molecule has 0 aliphatic carbocycles. The van der Waals surface area contributed by atoms with E-state index in [4.69, 9.17) is 4.52 Å². The molecule has 0 saturated heterocycles. The summed E-state index contributed by atoms with van der Waals surface area (Å²) >= 11 is 1.10. The predicted octanol–water partition coefficient (Wildman–Crippen LogP) is 4.61. The van der Waals surface area contributed by atoms with Gasteiger partial charge in [0.25, 0.3) is 10.0 Å². The molecule has 0 fully saturated rings. The van der Waals surface area contributed by atoms with Crippen LogP contribution in [-0.2, 0) is 22.7 Å². The van der Waals surface area contributed by atoms with Gasteiger partial charge in [0.05, 0.1) is 10.5 Å². The summed E-state index contributed by atoms with van der Waals surface area (Å²) in [7, 11) is -4.00. The molecule has 0 amide bonds. The van der Waals surface area contributed by atoms with Crippen LogP contribution in [0.15, 0.2) is 75.6 Å². The van der Waals surface area contributed by atoms with Crippen LogP contribution < -0.4 is 4.31 Å². The first kappa shape index (κ1) is 21.0. The fourth-order valence-electron chi connectivity index (χ4n) is 2.71. The number of thiazole rings is 1. The molecule has 0 spiro atoms. The summed E-state index contributed by atoms with van der Waals surface area (Å²) in [5, 5.41) is 5.51. The zero-order valence-electron chi connectivity index (χ0n) is 15.5. The number of anilines is 1. The molecule has 0 bridgehead atoms. The highest BCUT2D eigenvalue weighted by Crippen LogP contribution is 2.32. The zero-order chi connectivity index (χ0) is 22.1. The van der Waals surface area contributed by atoms with Gasteiger partial charge in [-0.3, -0.25) is 0 Å². The summed E-state index contributed by atoms with van der Waals surface area (Å²) in [5.74, 6) is -0.181. The van der Waals surface area contributed by atoms with Crippen molar-refractivity contribution in [3.63, 3.8) is 0 Å². The maximum atomic E-state index is 13.1. The third kappa shape index (κ3) is 4.44. The molecular weight excluding hydrogens is 453 g/mol. The van der Waals surface area contributed by atoms with Gasteiger partial charge >= 0.3 is 6.18 Å². The van der Waals surface area contributed by atoms with Crippen LogP contribution in [0.2, 0.25) is 0 Å². The van der Waals surface area contributed by atoms with Crippen LogP contribution in [0.5, 0.6) is 0 Å². The first-order valence-electron chi connectivity index (χ1n) is 8.72. The van der Waals surface area contributed by atoms with Crippen molar-refractivity contribution in [2.75, 3.05) is 4.31 Å². The van der Waals surface area contributed by atoms with E-state index in [2.05, 4.69) is 15.1 Å². The highest BCUT2D eigenvalue weighted by atomic mass is 32.2. The van der Waals surface area contributed by atoms with Gasteiger partial charge in [0.1, 0.15) is 6.54 Å². The topological polar surface area (TPSA) is 89.2 Å². The fourth-order valence-corrected chi connectivity index (χ4v) is 4.97. The van der Waals surface area contributed by atoms with Crippen molar-refractivity contribution < 1.29 is 26.1 Å². The van der Waals surface area contributed by atoms with Gasteiger partial charge in [-0.05, 0) is 24.3 Å². The van der Waals surface area contributed by atoms with Crippen LogP contribution in [-0.4, -0.2) is 23.5 Å². The van der Waals surface area contributed by atoms with E-state index in [0.29, 0.717) is 0 Å². The molecule has 2 aromatic carbocycles. The van der Waals surface area contributed by atoms with Crippen molar-refractivity contribution in [2.24, 2.45) is 0 Å². The first-order valence-corrected chi connectivity index (χ1v) is 11.0. The Hall–Kier alpha value is -3.25. The standard InChI is InChI=1S/C19H13F3N4O3S2/c20-19(21,22)14-6-4-5-13(11-14)17-24-16(29-25-17)12-26(18-23-9-10-30-18)31(27,28)15-7-2-1-3-8-15/h1-11H,12H2. The van der Waals surface area contributed by atoms with Gasteiger partial charge in [0.2, 0.25) is 11.7 Å². The lowest BCUT2D eigenvalue weighted by atomic mass is 10.1. The third-order valence-corrected chi connectivity index (χ3v) is 6.82. The van der Waals surface area contributed by atoms with Crippen molar-refractivity contribution in [3.8, 4) is 11.4 Å². The molecule has 0 aliphatic rings. The van der Waals surface area contributed by atoms with Gasteiger partial charge in [-0.15, -0.1) is 11.3 Å². The minimum Gasteiger partial charge on any atom is -0.337 e. The van der Waals surface area contributed by atoms with E-state index in [1.807, 2.05) is 0 Å². The van der Waals surface area contributed by atoms with Gasteiger partial charge in [-0.1, -0.05) is 35.5 Å². The Morgan fingerprint density at radius 2 is 1.84 bits per heavy atom. The summed E-state index contributed by atoms with van der Waals surface area (Å²) in [6.07, 6.45) is -3.07. The number of hydrogen-bond acceptors (Lipinski definition) is 7. The largest absolute Gasteiger partial charge is 0.416 e. The highest BCUT2D eigenvalue weighted by Gasteiger charge is 2.31. The summed E-state index contributed by atoms with van der Waals surface area (Å²) in [6.45, 7) is -0.337. The lowest BCUT2D eigenvalue weighted by Gasteiger charge is -2.19. The summed E-state index contributed by atoms with van der Waals surface area (Å²) in [6, 6.07) is 12.2. The monoisotopic (exact) mass is 466 g/mol. The van der Waals surface area contributed by atoms with Crippen LogP contribution >= 0.6 is 11.3 Å². The van der Waals surface area contributed by atoms with Gasteiger partial charge in [-0.2, -0.15) is 18.2 Å². The van der Waals surface area contributed by atoms with Gasteiger partial charge in [0, 0.05) is 17.1 Å². The molecule has 2 heterocycles. The van der Waals surface area contributed by atoms with Crippen LogP contribution in [0.4, 0.5) is 18.3 Å². The molecule has 0 aliphatic heterocycles. The Morgan fingerprint density at radius 1 is 1.06 bits per heavy atom. The van der Waals surface area contributed by atoms with Gasteiger partial charge in [-0.25, -0.2) is 17.7 Å². The second-order valence-corrected chi connectivity index (χ2v) is 8.97. The van der Waals surface area contributed by atoms with E-state index >= 15 is 0 Å². The molecule has 160 valence electrons. The van der Waals surface area contributed by atoms with Crippen molar-refractivity contribution >= 4 is 26.5 Å². The van der Waals surface area contributed by atoms with E-state index in [-0.39, 0.29) is 33.9 Å². The van der Waals surface area contributed by atoms with E-state index in [1.54, 1.807) is 23.6 Å². The number of aromatic nitrogens is 3. The first-order chi connectivity index (χ1) is 14.7. The van der Waals surface area contributed by atoms with Crippen LogP contribution in [0.1, 0.15) is 11.5 Å². The fraction of sp³-hybridized carbons (Fsp3) is 0.105. The summed E-state index contributed by atoms with van der Waals surface area (Å²) < 4.78 is 71.3. The average Bonchev–Trinajstić information content (AvgIpc) is 3.44. The van der Waals surface area contributed by atoms with Crippen molar-refractivity contribution in [1.29, 1.82) is 0 Å². The highest BCUT2D eigenvalue weighted by molar-refractivity contribution is 7.93. The molecule has 0 radical (unpaired) electrons. The Morgan fingerprint density at radius 3 is 2.52 bits per heavy atom. The quantitative estimate of drug-likeness (QED) is 0.412. The molecule has 7 nitrogen and oxygen atoms in total. The number of rotatable bonds is 6. The lowest BCUT2D eigenvalue weighted by Crippen LogP contribution is -2.30. The molecule has 4 rings (SSSR count). The molecule has 0 saturated carbocycles. The Balaban J connectivity index is 1.67. The van der Waals surface area contributed by atoms with E-state index < -0.39 is 21.8 Å². The second-order valence-electron chi connectivity index (χ2n) is 6.23. The lowest BCUT2D eigenvalue weighted by molar-refractivity contribution is -0.137. The molecule has 0 N–H and O–H groups in total. The van der Waals surface area contributed by atoms with Crippen LogP contribution in [0.25, 0.3) is 11.4 Å². The van der Waals surface area contributed by atoms with Crippen molar-refractivity contribution in [1.82, 2.24) is 15.1 Å². The number of sulfonamides is 1. The normalized spacial score (nSPS) is 12.1. The molecule has 0 unspecified atom stereocenters. The maximum Gasteiger partial charge on any atom is 0.416 e. The van der Waals surface area contributed by atoms with Crippen LogP contribution in [0.3, 0.4) is 0 Å². The average molecular weight is 466 g/mol. The van der Waals surface area contributed by atoms with E-state index in [0.717, 1.165) is 27.8 Å². The second kappa shape index (κ2) is 8.12. The Kier molecular flexibility index (Phi) is 5.50. The summed E-state index contributed by atoms with van der Waals surface area (Å²) in [4.78, 5) is 8.19. The Bertz CT molecular complexity index is 1270. The number of halogens is 3. The molecule has 2 aromatic heterocycles. The van der Waals surface area contributed by atoms with Crippen molar-refractivity contribution in [2.45, 2.75) is 17.6 Å². The molecule has 4 aromatic rings. The smallest absolute Gasteiger partial charge is 0.337 e. The molecule has 31 heavy (non-hydrogen) atoms. The Labute approximate surface area is 178 Å². The number of alkyl halides is 3. The molecular formula is C19H13F3N4O3S2. The van der Waals surface area contributed by atoms with E-state index in [1.165, 1.54) is 30.5 Å². The molecule has 12 heteroatoms. The summed E-state index contributed by atoms with van der Waals surface area (Å²) in [5.41, 5.74) is -0.760. The van der Waals surface area contributed by atoms with Gasteiger partial charge in [0.15, 0.2) is 5.13 Å². The molecule has 0 atom stereocenters. The number of nitrogens with zero attached hydrogens (tertiary/aromatic N) is 4. The maximum absolute atomic E-state index is 13.1. The number of benzene rings is 2.